The lowest BCUT2D eigenvalue weighted by Crippen LogP contribution is -2.19. The van der Waals surface area contributed by atoms with Gasteiger partial charge in [0.25, 0.3) is 0 Å². The average Bonchev–Trinajstić information content (AvgIpc) is 1.92. The Kier molecular flexibility index (Phi) is 2.49. The van der Waals surface area contributed by atoms with Gasteiger partial charge in [0.2, 0.25) is 0 Å². The molecule has 0 radical (unpaired) electrons. The number of alkyl halides is 3. The zero-order chi connectivity index (χ0) is 9.35. The van der Waals surface area contributed by atoms with Gasteiger partial charge < -0.3 is 0 Å². The monoisotopic (exact) mass is 178 g/mol. The third-order valence-electron chi connectivity index (χ3n) is 2.42. The van der Waals surface area contributed by atoms with Crippen LogP contribution in [-0.2, 0) is 0 Å². The maximum Gasteiger partial charge on any atom is 0.412 e. The van der Waals surface area contributed by atoms with Gasteiger partial charge in [-0.3, -0.25) is 0 Å². The van der Waals surface area contributed by atoms with Gasteiger partial charge in [0.05, 0.1) is 0 Å². The minimum Gasteiger partial charge on any atom is -0.166 e. The molecule has 1 rings (SSSR count). The molecule has 0 nitrogen and oxygen atoms in total. The molecule has 1 atom stereocenters. The van der Waals surface area contributed by atoms with E-state index < -0.39 is 6.18 Å². The quantitative estimate of drug-likeness (QED) is 0.496. The molecule has 0 spiro atoms. The molecule has 1 unspecified atom stereocenters. The predicted molar refractivity (Wildman–Crippen MR) is 41.8 cm³/mol. The first-order chi connectivity index (χ1) is 5.41. The highest BCUT2D eigenvalue weighted by molar-refractivity contribution is 5.20. The molecule has 1 aliphatic carbocycles. The first-order valence-corrected chi connectivity index (χ1v) is 4.17. The number of hydrogen-bond acceptors (Lipinski definition) is 0. The molecule has 0 aromatic heterocycles. The van der Waals surface area contributed by atoms with Gasteiger partial charge in [0.15, 0.2) is 0 Å². The zero-order valence-electron chi connectivity index (χ0n) is 7.33. The molecule has 0 saturated heterocycles. The molecular weight excluding hydrogens is 165 g/mol. The van der Waals surface area contributed by atoms with Gasteiger partial charge in [-0.05, 0) is 32.1 Å². The van der Waals surface area contributed by atoms with E-state index >= 15 is 0 Å². The van der Waals surface area contributed by atoms with E-state index in [4.69, 9.17) is 0 Å². The number of hydrogen-bond donors (Lipinski definition) is 0. The lowest BCUT2D eigenvalue weighted by molar-refractivity contribution is -0.0972. The van der Waals surface area contributed by atoms with E-state index in [2.05, 4.69) is 0 Å². The second-order valence-corrected chi connectivity index (χ2v) is 3.60. The van der Waals surface area contributed by atoms with Crippen LogP contribution in [0.1, 0.15) is 33.1 Å². The van der Waals surface area contributed by atoms with Crippen molar-refractivity contribution < 1.29 is 13.2 Å². The second kappa shape index (κ2) is 3.11. The molecule has 0 bridgehead atoms. The van der Waals surface area contributed by atoms with E-state index in [1.165, 1.54) is 0 Å². The van der Waals surface area contributed by atoms with E-state index in [1.807, 2.05) is 6.92 Å². The van der Waals surface area contributed by atoms with Gasteiger partial charge in [-0.2, -0.15) is 13.2 Å². The van der Waals surface area contributed by atoms with Crippen LogP contribution in [0.25, 0.3) is 0 Å². The summed E-state index contributed by atoms with van der Waals surface area (Å²) >= 11 is 0. The van der Waals surface area contributed by atoms with Crippen LogP contribution in [0.4, 0.5) is 13.2 Å². The van der Waals surface area contributed by atoms with Crippen LogP contribution in [0.15, 0.2) is 11.1 Å². The predicted octanol–water partition coefficient (Wildman–Crippen LogP) is 3.69. The Morgan fingerprint density at radius 2 is 1.92 bits per heavy atom. The van der Waals surface area contributed by atoms with Crippen LogP contribution >= 0.6 is 0 Å². The van der Waals surface area contributed by atoms with Crippen molar-refractivity contribution in [1.82, 2.24) is 0 Å². The molecule has 0 heterocycles. The van der Waals surface area contributed by atoms with Crippen LogP contribution < -0.4 is 0 Å². The third-order valence-corrected chi connectivity index (χ3v) is 2.42. The van der Waals surface area contributed by atoms with Crippen LogP contribution in [0.2, 0.25) is 0 Å². The highest BCUT2D eigenvalue weighted by atomic mass is 19.4. The number of halogens is 3. The van der Waals surface area contributed by atoms with Crippen molar-refractivity contribution in [2.75, 3.05) is 0 Å². The molecule has 70 valence electrons. The molecule has 0 fully saturated rings. The molecule has 0 aromatic carbocycles. The van der Waals surface area contributed by atoms with Crippen molar-refractivity contribution in [3.63, 3.8) is 0 Å². The van der Waals surface area contributed by atoms with Crippen molar-refractivity contribution in [2.45, 2.75) is 39.3 Å². The zero-order valence-corrected chi connectivity index (χ0v) is 7.33. The Morgan fingerprint density at radius 1 is 1.33 bits per heavy atom. The van der Waals surface area contributed by atoms with Gasteiger partial charge in [0, 0.05) is 5.57 Å². The number of allylic oxidation sites excluding steroid dienone is 2. The van der Waals surface area contributed by atoms with E-state index in [9.17, 15) is 13.2 Å². The summed E-state index contributed by atoms with van der Waals surface area (Å²) in [5.74, 6) is 0.185. The lowest BCUT2D eigenvalue weighted by Gasteiger charge is -2.24. The maximum absolute atomic E-state index is 12.3. The molecule has 3 heteroatoms. The first-order valence-electron chi connectivity index (χ1n) is 4.17. The molecule has 0 aromatic rings. The summed E-state index contributed by atoms with van der Waals surface area (Å²) in [6, 6.07) is 0. The van der Waals surface area contributed by atoms with Gasteiger partial charge in [-0.15, -0.1) is 0 Å². The molecule has 0 saturated carbocycles. The topological polar surface area (TPSA) is 0 Å². The summed E-state index contributed by atoms with van der Waals surface area (Å²) in [5.41, 5.74) is 0.238. The number of rotatable bonds is 0. The normalized spacial score (nSPS) is 26.2. The summed E-state index contributed by atoms with van der Waals surface area (Å²) in [5, 5.41) is 0. The van der Waals surface area contributed by atoms with Gasteiger partial charge >= 0.3 is 6.18 Å². The largest absolute Gasteiger partial charge is 0.412 e. The molecule has 0 amide bonds. The fourth-order valence-electron chi connectivity index (χ4n) is 1.60. The van der Waals surface area contributed by atoms with Crippen molar-refractivity contribution in [3.05, 3.63) is 11.1 Å². The second-order valence-electron chi connectivity index (χ2n) is 3.60. The van der Waals surface area contributed by atoms with Gasteiger partial charge in [-0.25, -0.2) is 0 Å². The summed E-state index contributed by atoms with van der Waals surface area (Å²) in [6.45, 7) is 3.47. The smallest absolute Gasteiger partial charge is 0.166 e. The minimum absolute atomic E-state index is 0.185. The Morgan fingerprint density at radius 3 is 2.33 bits per heavy atom. The Balaban J connectivity index is 2.85. The summed E-state index contributed by atoms with van der Waals surface area (Å²) in [4.78, 5) is 0. The third kappa shape index (κ3) is 2.02. The van der Waals surface area contributed by atoms with E-state index in [0.717, 1.165) is 6.42 Å². The van der Waals surface area contributed by atoms with Crippen LogP contribution in [0, 0.1) is 5.92 Å². The highest BCUT2D eigenvalue weighted by Crippen LogP contribution is 2.38. The SMILES string of the molecule is CC1=C(C(F)(F)F)CC(C)CC1. The van der Waals surface area contributed by atoms with Crippen LogP contribution in [-0.4, -0.2) is 6.18 Å². The molecule has 0 N–H and O–H groups in total. The maximum atomic E-state index is 12.3. The van der Waals surface area contributed by atoms with E-state index in [0.29, 0.717) is 12.0 Å². The molecule has 12 heavy (non-hydrogen) atoms. The molecule has 0 aliphatic heterocycles. The summed E-state index contributed by atoms with van der Waals surface area (Å²) in [7, 11) is 0. The Bertz CT molecular complexity index is 200. The van der Waals surface area contributed by atoms with Gasteiger partial charge in [0.1, 0.15) is 0 Å². The fourth-order valence-corrected chi connectivity index (χ4v) is 1.60. The Labute approximate surface area is 70.5 Å². The van der Waals surface area contributed by atoms with Crippen LogP contribution in [0.3, 0.4) is 0 Å². The van der Waals surface area contributed by atoms with E-state index in [-0.39, 0.29) is 17.9 Å². The lowest BCUT2D eigenvalue weighted by atomic mass is 9.85. The molecule has 1 aliphatic rings. The fraction of sp³-hybridized carbons (Fsp3) is 0.778. The minimum atomic E-state index is -4.10. The van der Waals surface area contributed by atoms with Crippen molar-refractivity contribution >= 4 is 0 Å². The van der Waals surface area contributed by atoms with Crippen molar-refractivity contribution in [2.24, 2.45) is 5.92 Å². The van der Waals surface area contributed by atoms with Crippen molar-refractivity contribution in [1.29, 1.82) is 0 Å². The summed E-state index contributed by atoms with van der Waals surface area (Å²) < 4.78 is 36.9. The van der Waals surface area contributed by atoms with Gasteiger partial charge in [-0.1, -0.05) is 12.5 Å². The van der Waals surface area contributed by atoms with E-state index in [1.54, 1.807) is 6.92 Å². The molecular formula is C9H13F3. The Hall–Kier alpha value is -0.470. The summed E-state index contributed by atoms with van der Waals surface area (Å²) in [6.07, 6.45) is -2.39. The standard InChI is InChI=1S/C9H13F3/c1-6-3-4-7(2)8(5-6)9(10,11)12/h6H,3-5H2,1-2H3. The first kappa shape index (κ1) is 9.62. The highest BCUT2D eigenvalue weighted by Gasteiger charge is 2.37. The average molecular weight is 178 g/mol. The van der Waals surface area contributed by atoms with Crippen LogP contribution in [0.5, 0.6) is 0 Å². The van der Waals surface area contributed by atoms with Crippen molar-refractivity contribution in [3.8, 4) is 0 Å².